The van der Waals surface area contributed by atoms with E-state index in [0.717, 1.165) is 11.3 Å². The van der Waals surface area contributed by atoms with Crippen molar-refractivity contribution in [2.24, 2.45) is 0 Å². The molecule has 0 radical (unpaired) electrons. The first kappa shape index (κ1) is 14.9. The average Bonchev–Trinajstić information content (AvgIpc) is 2.49. The summed E-state index contributed by atoms with van der Waals surface area (Å²) in [5, 5.41) is 0. The molecule has 0 aliphatic carbocycles. The first-order chi connectivity index (χ1) is 10.1. The Morgan fingerprint density at radius 2 is 1.71 bits per heavy atom. The molecule has 0 spiro atoms. The summed E-state index contributed by atoms with van der Waals surface area (Å²) in [4.78, 5) is 12.3. The third kappa shape index (κ3) is 3.96. The summed E-state index contributed by atoms with van der Waals surface area (Å²) in [6, 6.07) is 14.6. The monoisotopic (exact) mass is 281 g/mol. The minimum atomic E-state index is 0.00360. The highest BCUT2D eigenvalue weighted by atomic mass is 16.5. The molecule has 3 heteroatoms. The van der Waals surface area contributed by atoms with Gasteiger partial charge in [-0.15, -0.1) is 0 Å². The highest BCUT2D eigenvalue weighted by Gasteiger charge is 2.07. The van der Waals surface area contributed by atoms with E-state index in [-0.39, 0.29) is 5.78 Å². The second-order valence-corrected chi connectivity index (χ2v) is 4.78. The number of allylic oxidation sites excluding steroid dienone is 1. The lowest BCUT2D eigenvalue weighted by Crippen LogP contribution is -2.00. The van der Waals surface area contributed by atoms with Gasteiger partial charge in [0.15, 0.2) is 5.78 Å². The molecule has 2 rings (SSSR count). The maximum absolute atomic E-state index is 12.3. The average molecular weight is 281 g/mol. The van der Waals surface area contributed by atoms with Crippen LogP contribution in [0.15, 0.2) is 54.1 Å². The largest absolute Gasteiger partial charge is 0.494 e. The molecule has 108 valence electrons. The molecule has 0 aromatic heterocycles. The molecule has 2 N–H and O–H groups in total. The van der Waals surface area contributed by atoms with Crippen molar-refractivity contribution in [1.82, 2.24) is 0 Å². The number of anilines is 1. The first-order valence-electron chi connectivity index (χ1n) is 6.91. The van der Waals surface area contributed by atoms with Crippen LogP contribution in [0.25, 0.3) is 6.08 Å². The fraction of sp³-hybridized carbons (Fsp3) is 0.167. The number of rotatable bonds is 5. The lowest BCUT2D eigenvalue weighted by atomic mass is 10.0. The SMILES string of the molecule is CCOc1ccc(C=C(C)C(=O)c2ccc(N)cc2)cc1. The molecule has 0 aliphatic heterocycles. The molecule has 3 nitrogen and oxygen atoms in total. The van der Waals surface area contributed by atoms with E-state index in [0.29, 0.717) is 23.4 Å². The van der Waals surface area contributed by atoms with Gasteiger partial charge in [0, 0.05) is 11.3 Å². The van der Waals surface area contributed by atoms with Gasteiger partial charge >= 0.3 is 0 Å². The summed E-state index contributed by atoms with van der Waals surface area (Å²) in [5.74, 6) is 0.834. The van der Waals surface area contributed by atoms with Crippen LogP contribution >= 0.6 is 0 Å². The molecule has 21 heavy (non-hydrogen) atoms. The molecular weight excluding hydrogens is 262 g/mol. The third-order valence-corrected chi connectivity index (χ3v) is 3.11. The van der Waals surface area contributed by atoms with Gasteiger partial charge in [-0.2, -0.15) is 0 Å². The van der Waals surface area contributed by atoms with E-state index in [4.69, 9.17) is 10.5 Å². The van der Waals surface area contributed by atoms with Crippen LogP contribution in [0.1, 0.15) is 29.8 Å². The van der Waals surface area contributed by atoms with E-state index in [1.54, 1.807) is 24.3 Å². The maximum atomic E-state index is 12.3. The summed E-state index contributed by atoms with van der Waals surface area (Å²) >= 11 is 0. The van der Waals surface area contributed by atoms with E-state index in [2.05, 4.69) is 0 Å². The van der Waals surface area contributed by atoms with Gasteiger partial charge in [0.05, 0.1) is 6.61 Å². The van der Waals surface area contributed by atoms with Crippen molar-refractivity contribution in [3.8, 4) is 5.75 Å². The van der Waals surface area contributed by atoms with Crippen LogP contribution in [-0.2, 0) is 0 Å². The van der Waals surface area contributed by atoms with Crippen LogP contribution < -0.4 is 10.5 Å². The molecule has 2 aromatic carbocycles. The third-order valence-electron chi connectivity index (χ3n) is 3.11. The van der Waals surface area contributed by atoms with Crippen LogP contribution in [0, 0.1) is 0 Å². The molecule has 0 saturated heterocycles. The number of Topliss-reactive ketones (excluding diaryl/α,β-unsaturated/α-hetero) is 1. The highest BCUT2D eigenvalue weighted by molar-refractivity contribution is 6.11. The Kier molecular flexibility index (Phi) is 4.77. The first-order valence-corrected chi connectivity index (χ1v) is 6.91. The molecule has 0 amide bonds. The van der Waals surface area contributed by atoms with Gasteiger partial charge in [0.1, 0.15) is 5.75 Å². The zero-order valence-electron chi connectivity index (χ0n) is 12.3. The van der Waals surface area contributed by atoms with Gasteiger partial charge in [0.2, 0.25) is 0 Å². The van der Waals surface area contributed by atoms with Gasteiger partial charge in [-0.1, -0.05) is 12.1 Å². The van der Waals surface area contributed by atoms with E-state index >= 15 is 0 Å². The Morgan fingerprint density at radius 3 is 2.29 bits per heavy atom. The number of ketones is 1. The van der Waals surface area contributed by atoms with Gasteiger partial charge in [-0.3, -0.25) is 4.79 Å². The van der Waals surface area contributed by atoms with Crippen molar-refractivity contribution in [2.45, 2.75) is 13.8 Å². The second kappa shape index (κ2) is 6.75. The Labute approximate surface area is 125 Å². The zero-order valence-corrected chi connectivity index (χ0v) is 12.3. The van der Waals surface area contributed by atoms with Crippen molar-refractivity contribution in [1.29, 1.82) is 0 Å². The van der Waals surface area contributed by atoms with E-state index in [1.807, 2.05) is 44.2 Å². The van der Waals surface area contributed by atoms with Crippen molar-refractivity contribution < 1.29 is 9.53 Å². The Morgan fingerprint density at radius 1 is 1.10 bits per heavy atom. The normalized spacial score (nSPS) is 11.2. The summed E-state index contributed by atoms with van der Waals surface area (Å²) in [6.45, 7) is 4.40. The van der Waals surface area contributed by atoms with Gasteiger partial charge in [-0.05, 0) is 67.5 Å². The van der Waals surface area contributed by atoms with E-state index < -0.39 is 0 Å². The summed E-state index contributed by atoms with van der Waals surface area (Å²) in [6.07, 6.45) is 1.87. The molecule has 0 heterocycles. The fourth-order valence-electron chi connectivity index (χ4n) is 2.00. The van der Waals surface area contributed by atoms with Gasteiger partial charge in [-0.25, -0.2) is 0 Å². The molecule has 2 aromatic rings. The summed E-state index contributed by atoms with van der Waals surface area (Å²) in [7, 11) is 0. The van der Waals surface area contributed by atoms with E-state index in [1.165, 1.54) is 0 Å². The van der Waals surface area contributed by atoms with Gasteiger partial charge < -0.3 is 10.5 Å². The zero-order chi connectivity index (χ0) is 15.2. The number of carbonyl (C=O) groups is 1. The molecule has 0 fully saturated rings. The molecule has 0 unspecified atom stereocenters. The molecule has 0 bridgehead atoms. The Balaban J connectivity index is 2.16. The fourth-order valence-corrected chi connectivity index (χ4v) is 2.00. The van der Waals surface area contributed by atoms with Crippen LogP contribution in [0.4, 0.5) is 5.69 Å². The minimum absolute atomic E-state index is 0.00360. The predicted molar refractivity (Wildman–Crippen MR) is 86.4 cm³/mol. The maximum Gasteiger partial charge on any atom is 0.188 e. The molecule has 0 atom stereocenters. The quantitative estimate of drug-likeness (QED) is 0.513. The topological polar surface area (TPSA) is 52.3 Å². The van der Waals surface area contributed by atoms with Crippen molar-refractivity contribution in [3.05, 3.63) is 65.2 Å². The number of nitrogens with two attached hydrogens (primary N) is 1. The standard InChI is InChI=1S/C18H19NO2/c1-3-21-17-10-4-14(5-11-17)12-13(2)18(20)15-6-8-16(19)9-7-15/h4-12H,3,19H2,1-2H3. The van der Waals surface area contributed by atoms with Crippen molar-refractivity contribution >= 4 is 17.5 Å². The number of hydrogen-bond donors (Lipinski definition) is 1. The number of nitrogen functional groups attached to an aromatic ring is 1. The Bertz CT molecular complexity index is 640. The number of ether oxygens (including phenoxy) is 1. The smallest absolute Gasteiger partial charge is 0.188 e. The summed E-state index contributed by atoms with van der Waals surface area (Å²) < 4.78 is 5.39. The van der Waals surface area contributed by atoms with Crippen LogP contribution in [0.2, 0.25) is 0 Å². The van der Waals surface area contributed by atoms with Crippen molar-refractivity contribution in [2.75, 3.05) is 12.3 Å². The number of carbonyl (C=O) groups excluding carboxylic acids is 1. The van der Waals surface area contributed by atoms with Gasteiger partial charge in [0.25, 0.3) is 0 Å². The minimum Gasteiger partial charge on any atom is -0.494 e. The Hall–Kier alpha value is -2.55. The number of hydrogen-bond acceptors (Lipinski definition) is 3. The highest BCUT2D eigenvalue weighted by Crippen LogP contribution is 2.17. The second-order valence-electron chi connectivity index (χ2n) is 4.78. The van der Waals surface area contributed by atoms with Crippen LogP contribution in [0.3, 0.4) is 0 Å². The molecule has 0 saturated carbocycles. The molecule has 0 aliphatic rings. The summed E-state index contributed by atoms with van der Waals surface area (Å²) in [5.41, 5.74) is 8.58. The molecular formula is C18H19NO2. The van der Waals surface area contributed by atoms with Crippen molar-refractivity contribution in [3.63, 3.8) is 0 Å². The lowest BCUT2D eigenvalue weighted by molar-refractivity contribution is 0.103. The van der Waals surface area contributed by atoms with Crippen LogP contribution in [-0.4, -0.2) is 12.4 Å². The predicted octanol–water partition coefficient (Wildman–Crippen LogP) is 3.95. The lowest BCUT2D eigenvalue weighted by Gasteiger charge is -2.04. The van der Waals surface area contributed by atoms with E-state index in [9.17, 15) is 4.79 Å². The number of benzene rings is 2. The van der Waals surface area contributed by atoms with Crippen LogP contribution in [0.5, 0.6) is 5.75 Å².